The van der Waals surface area contributed by atoms with Gasteiger partial charge < -0.3 is 14.8 Å². The van der Waals surface area contributed by atoms with Gasteiger partial charge in [0.1, 0.15) is 18.4 Å². The Hall–Kier alpha value is -3.28. The molecule has 2 aliphatic rings. The molecule has 2 aliphatic heterocycles. The number of benzene rings is 2. The van der Waals surface area contributed by atoms with Crippen LogP contribution in [0.2, 0.25) is 0 Å². The van der Waals surface area contributed by atoms with Crippen LogP contribution in [0.4, 0.5) is 4.79 Å². The fourth-order valence-electron chi connectivity index (χ4n) is 3.48. The molecular formula is C21H20N2O4. The second kappa shape index (κ2) is 7.15. The van der Waals surface area contributed by atoms with Crippen LogP contribution in [-0.2, 0) is 9.53 Å². The van der Waals surface area contributed by atoms with Crippen molar-refractivity contribution in [2.75, 3.05) is 13.7 Å². The second-order valence-corrected chi connectivity index (χ2v) is 6.53. The Bertz CT molecular complexity index is 881. The van der Waals surface area contributed by atoms with Gasteiger partial charge in [-0.1, -0.05) is 54.6 Å². The van der Waals surface area contributed by atoms with Crippen molar-refractivity contribution in [2.24, 2.45) is 0 Å². The van der Waals surface area contributed by atoms with Crippen molar-refractivity contribution in [2.45, 2.75) is 18.1 Å². The number of ether oxygens (including phenoxy) is 2. The molecule has 138 valence electrons. The van der Waals surface area contributed by atoms with Gasteiger partial charge >= 0.3 is 6.09 Å². The average molecular weight is 364 g/mol. The number of carbonyl (C=O) groups excluding carboxylic acids is 2. The Balaban J connectivity index is 1.55. The molecule has 1 N–H and O–H groups in total. The molecule has 2 unspecified atom stereocenters. The standard InChI is InChI=1S/C21H20N2O4/c1-26-16-9-5-6-14(12-16)10-11-17-19(20(24)22-17)23-18(13-27-21(23)25)15-7-3-2-4-8-15/h2-12,17-19H,13H2,1H3,(H,22,24)/t17?,18-,19?/m1/s1. The molecule has 2 saturated heterocycles. The predicted octanol–water partition coefficient (Wildman–Crippen LogP) is 2.77. The van der Waals surface area contributed by atoms with E-state index < -0.39 is 12.1 Å². The number of cyclic esters (lactones) is 1. The van der Waals surface area contributed by atoms with Crippen LogP contribution < -0.4 is 10.1 Å². The molecule has 27 heavy (non-hydrogen) atoms. The van der Waals surface area contributed by atoms with Gasteiger partial charge in [-0.2, -0.15) is 0 Å². The van der Waals surface area contributed by atoms with E-state index >= 15 is 0 Å². The van der Waals surface area contributed by atoms with E-state index in [0.717, 1.165) is 16.9 Å². The fourth-order valence-corrected chi connectivity index (χ4v) is 3.48. The predicted molar refractivity (Wildman–Crippen MR) is 100 cm³/mol. The zero-order valence-corrected chi connectivity index (χ0v) is 14.9. The number of carbonyl (C=O) groups is 2. The van der Waals surface area contributed by atoms with Gasteiger partial charge in [-0.05, 0) is 23.3 Å². The van der Waals surface area contributed by atoms with Gasteiger partial charge in [-0.3, -0.25) is 9.69 Å². The normalized spacial score (nSPS) is 24.5. The quantitative estimate of drug-likeness (QED) is 0.829. The summed E-state index contributed by atoms with van der Waals surface area (Å²) in [5, 5.41) is 2.85. The molecule has 2 amide bonds. The van der Waals surface area contributed by atoms with E-state index in [4.69, 9.17) is 9.47 Å². The maximum Gasteiger partial charge on any atom is 0.411 e. The number of rotatable bonds is 5. The van der Waals surface area contributed by atoms with E-state index in [-0.39, 0.29) is 24.6 Å². The van der Waals surface area contributed by atoms with Crippen LogP contribution in [0, 0.1) is 0 Å². The number of hydrogen-bond donors (Lipinski definition) is 1. The molecule has 0 radical (unpaired) electrons. The summed E-state index contributed by atoms with van der Waals surface area (Å²) in [6, 6.07) is 16.2. The summed E-state index contributed by atoms with van der Waals surface area (Å²) in [7, 11) is 1.62. The summed E-state index contributed by atoms with van der Waals surface area (Å²) in [5.41, 5.74) is 1.91. The van der Waals surface area contributed by atoms with Gasteiger partial charge in [-0.15, -0.1) is 0 Å². The highest BCUT2D eigenvalue weighted by Gasteiger charge is 2.50. The number of β-lactam (4-membered cyclic amide) rings is 1. The summed E-state index contributed by atoms with van der Waals surface area (Å²) in [5.74, 6) is 0.591. The topological polar surface area (TPSA) is 67.9 Å². The summed E-state index contributed by atoms with van der Waals surface area (Å²) in [6.45, 7) is 0.249. The molecule has 2 aromatic carbocycles. The molecule has 0 saturated carbocycles. The number of nitrogens with one attached hydrogen (secondary N) is 1. The number of nitrogens with zero attached hydrogens (tertiary/aromatic N) is 1. The molecule has 0 bridgehead atoms. The van der Waals surface area contributed by atoms with Crippen LogP contribution in [0.1, 0.15) is 17.2 Å². The third-order valence-corrected chi connectivity index (χ3v) is 4.90. The Kier molecular flexibility index (Phi) is 4.54. The first-order chi connectivity index (χ1) is 13.2. The Morgan fingerprint density at radius 1 is 1.15 bits per heavy atom. The molecule has 6 nitrogen and oxygen atoms in total. The minimum atomic E-state index is -0.577. The smallest absolute Gasteiger partial charge is 0.411 e. The minimum absolute atomic E-state index is 0.171. The van der Waals surface area contributed by atoms with Crippen LogP contribution >= 0.6 is 0 Å². The van der Waals surface area contributed by atoms with Crippen molar-refractivity contribution in [1.82, 2.24) is 10.2 Å². The van der Waals surface area contributed by atoms with Crippen LogP contribution in [0.15, 0.2) is 60.7 Å². The first-order valence-corrected chi connectivity index (χ1v) is 8.80. The highest BCUT2D eigenvalue weighted by atomic mass is 16.6. The zero-order valence-electron chi connectivity index (χ0n) is 14.9. The molecular weight excluding hydrogens is 344 g/mol. The van der Waals surface area contributed by atoms with Crippen molar-refractivity contribution < 1.29 is 19.1 Å². The van der Waals surface area contributed by atoms with E-state index in [0.29, 0.717) is 0 Å². The monoisotopic (exact) mass is 364 g/mol. The summed E-state index contributed by atoms with van der Waals surface area (Å²) < 4.78 is 10.5. The average Bonchev–Trinajstić information content (AvgIpc) is 3.06. The Morgan fingerprint density at radius 3 is 2.70 bits per heavy atom. The molecule has 0 aliphatic carbocycles. The van der Waals surface area contributed by atoms with Crippen molar-refractivity contribution in [1.29, 1.82) is 0 Å². The van der Waals surface area contributed by atoms with Crippen LogP contribution in [0.5, 0.6) is 5.75 Å². The number of methoxy groups -OCH3 is 1. The maximum absolute atomic E-state index is 12.3. The molecule has 3 atom stereocenters. The molecule has 2 heterocycles. The van der Waals surface area contributed by atoms with E-state index in [9.17, 15) is 9.59 Å². The van der Waals surface area contributed by atoms with Crippen molar-refractivity contribution >= 4 is 18.1 Å². The molecule has 0 aromatic heterocycles. The molecule has 4 rings (SSSR count). The van der Waals surface area contributed by atoms with Crippen LogP contribution in [-0.4, -0.2) is 42.7 Å². The lowest BCUT2D eigenvalue weighted by atomic mass is 9.93. The lowest BCUT2D eigenvalue weighted by Gasteiger charge is -2.41. The third kappa shape index (κ3) is 3.26. The third-order valence-electron chi connectivity index (χ3n) is 4.90. The fraction of sp³-hybridized carbons (Fsp3) is 0.238. The van der Waals surface area contributed by atoms with Gasteiger partial charge in [-0.25, -0.2) is 4.79 Å². The highest BCUT2D eigenvalue weighted by Crippen LogP contribution is 2.33. The summed E-state index contributed by atoms with van der Waals surface area (Å²) >= 11 is 0. The summed E-state index contributed by atoms with van der Waals surface area (Å²) in [6.07, 6.45) is 3.36. The van der Waals surface area contributed by atoms with Crippen molar-refractivity contribution in [3.63, 3.8) is 0 Å². The largest absolute Gasteiger partial charge is 0.497 e. The van der Waals surface area contributed by atoms with Crippen LogP contribution in [0.25, 0.3) is 6.08 Å². The lowest BCUT2D eigenvalue weighted by Crippen LogP contribution is -2.68. The number of amides is 2. The Morgan fingerprint density at radius 2 is 1.96 bits per heavy atom. The highest BCUT2D eigenvalue weighted by molar-refractivity contribution is 5.93. The van der Waals surface area contributed by atoms with E-state index in [2.05, 4.69) is 5.32 Å². The van der Waals surface area contributed by atoms with Gasteiger partial charge in [0.05, 0.1) is 19.2 Å². The zero-order chi connectivity index (χ0) is 18.8. The summed E-state index contributed by atoms with van der Waals surface area (Å²) in [4.78, 5) is 26.1. The van der Waals surface area contributed by atoms with E-state index in [1.165, 1.54) is 0 Å². The molecule has 2 fully saturated rings. The second-order valence-electron chi connectivity index (χ2n) is 6.53. The van der Waals surface area contributed by atoms with Crippen LogP contribution in [0.3, 0.4) is 0 Å². The molecule has 6 heteroatoms. The van der Waals surface area contributed by atoms with Gasteiger partial charge in [0.15, 0.2) is 0 Å². The van der Waals surface area contributed by atoms with Crippen molar-refractivity contribution in [3.05, 3.63) is 71.8 Å². The molecule has 2 aromatic rings. The van der Waals surface area contributed by atoms with E-state index in [1.807, 2.05) is 66.7 Å². The number of hydrogen-bond acceptors (Lipinski definition) is 4. The minimum Gasteiger partial charge on any atom is -0.497 e. The van der Waals surface area contributed by atoms with Crippen molar-refractivity contribution in [3.8, 4) is 5.75 Å². The SMILES string of the molecule is COc1cccc(C=CC2NC(=O)C2N2C(=O)OC[C@@H]2c2ccccc2)c1. The van der Waals surface area contributed by atoms with Gasteiger partial charge in [0.25, 0.3) is 0 Å². The Labute approximate surface area is 157 Å². The maximum atomic E-state index is 12.3. The first kappa shape index (κ1) is 17.1. The molecule has 0 spiro atoms. The lowest BCUT2D eigenvalue weighted by molar-refractivity contribution is -0.134. The van der Waals surface area contributed by atoms with Gasteiger partial charge in [0.2, 0.25) is 5.91 Å². The first-order valence-electron chi connectivity index (χ1n) is 8.80. The van der Waals surface area contributed by atoms with E-state index in [1.54, 1.807) is 12.0 Å². The van der Waals surface area contributed by atoms with Gasteiger partial charge in [0, 0.05) is 0 Å².